The maximum atomic E-state index is 12.8. The molecule has 0 radical (unpaired) electrons. The van der Waals surface area contributed by atoms with Gasteiger partial charge in [-0.05, 0) is 0 Å². The SMILES string of the molecule is Cl.Cl.N[C@H](CO)c1ncc(F)cc1F. The van der Waals surface area contributed by atoms with Gasteiger partial charge in [0.2, 0.25) is 0 Å². The Morgan fingerprint density at radius 1 is 1.43 bits per heavy atom. The molecule has 1 rings (SSSR count). The largest absolute Gasteiger partial charge is 0.394 e. The van der Waals surface area contributed by atoms with Crippen LogP contribution in [0.5, 0.6) is 0 Å². The van der Waals surface area contributed by atoms with Crippen LogP contribution < -0.4 is 5.73 Å². The summed E-state index contributed by atoms with van der Waals surface area (Å²) in [7, 11) is 0. The summed E-state index contributed by atoms with van der Waals surface area (Å²) >= 11 is 0. The Kier molecular flexibility index (Phi) is 7.85. The zero-order valence-corrected chi connectivity index (χ0v) is 8.62. The Morgan fingerprint density at radius 2 is 2.00 bits per heavy atom. The van der Waals surface area contributed by atoms with E-state index in [0.29, 0.717) is 6.07 Å². The van der Waals surface area contributed by atoms with Crippen molar-refractivity contribution in [2.24, 2.45) is 5.73 Å². The van der Waals surface area contributed by atoms with Crippen LogP contribution in [-0.4, -0.2) is 16.7 Å². The molecule has 1 aromatic rings. The minimum Gasteiger partial charge on any atom is -0.394 e. The van der Waals surface area contributed by atoms with Gasteiger partial charge in [0.1, 0.15) is 11.6 Å². The molecular formula is C7H10Cl2F2N2O. The molecule has 82 valence electrons. The lowest BCUT2D eigenvalue weighted by Crippen LogP contribution is -2.17. The Hall–Kier alpha value is -0.490. The van der Waals surface area contributed by atoms with Crippen molar-refractivity contribution in [1.29, 1.82) is 0 Å². The van der Waals surface area contributed by atoms with E-state index in [2.05, 4.69) is 4.98 Å². The molecule has 1 aromatic heterocycles. The average Bonchev–Trinajstić information content (AvgIpc) is 2.03. The lowest BCUT2D eigenvalue weighted by atomic mass is 10.2. The van der Waals surface area contributed by atoms with Crippen LogP contribution in [0.25, 0.3) is 0 Å². The number of halogens is 4. The number of rotatable bonds is 2. The average molecular weight is 247 g/mol. The summed E-state index contributed by atoms with van der Waals surface area (Å²) in [6.07, 6.45) is 0.855. The molecule has 0 unspecified atom stereocenters. The number of nitrogens with zero attached hydrogens (tertiary/aromatic N) is 1. The van der Waals surface area contributed by atoms with Crippen LogP contribution in [0.2, 0.25) is 0 Å². The summed E-state index contributed by atoms with van der Waals surface area (Å²) in [5.74, 6) is -1.60. The van der Waals surface area contributed by atoms with E-state index >= 15 is 0 Å². The van der Waals surface area contributed by atoms with Gasteiger partial charge in [-0.3, -0.25) is 4.98 Å². The Morgan fingerprint density at radius 3 is 2.43 bits per heavy atom. The van der Waals surface area contributed by atoms with Gasteiger partial charge in [0.05, 0.1) is 24.5 Å². The molecular weight excluding hydrogens is 237 g/mol. The lowest BCUT2D eigenvalue weighted by Gasteiger charge is -2.07. The molecule has 0 aromatic carbocycles. The van der Waals surface area contributed by atoms with Crippen LogP contribution >= 0.6 is 24.8 Å². The lowest BCUT2D eigenvalue weighted by molar-refractivity contribution is 0.262. The highest BCUT2D eigenvalue weighted by atomic mass is 35.5. The van der Waals surface area contributed by atoms with Gasteiger partial charge in [-0.15, -0.1) is 24.8 Å². The third kappa shape index (κ3) is 3.71. The van der Waals surface area contributed by atoms with Crippen LogP contribution in [0, 0.1) is 11.6 Å². The van der Waals surface area contributed by atoms with Crippen molar-refractivity contribution < 1.29 is 13.9 Å². The van der Waals surface area contributed by atoms with Crippen molar-refractivity contribution in [2.75, 3.05) is 6.61 Å². The van der Waals surface area contributed by atoms with Crippen molar-refractivity contribution in [3.63, 3.8) is 0 Å². The van der Waals surface area contributed by atoms with Crippen LogP contribution in [0.1, 0.15) is 11.7 Å². The molecule has 0 aliphatic carbocycles. The van der Waals surface area contributed by atoms with E-state index in [1.54, 1.807) is 0 Å². The summed E-state index contributed by atoms with van der Waals surface area (Å²) in [6, 6.07) is -0.219. The monoisotopic (exact) mass is 246 g/mol. The second-order valence-corrected chi connectivity index (χ2v) is 2.31. The molecule has 0 aliphatic heterocycles. The van der Waals surface area contributed by atoms with E-state index < -0.39 is 24.3 Å². The minimum atomic E-state index is -0.898. The van der Waals surface area contributed by atoms with E-state index in [1.165, 1.54) is 0 Å². The Bertz CT molecular complexity index is 288. The number of nitrogens with two attached hydrogens (primary N) is 1. The summed E-state index contributed by atoms with van der Waals surface area (Å²) < 4.78 is 25.1. The van der Waals surface area contributed by atoms with Gasteiger partial charge in [0.25, 0.3) is 0 Å². The highest BCUT2D eigenvalue weighted by Crippen LogP contribution is 2.11. The Labute approximate surface area is 92.2 Å². The molecule has 0 spiro atoms. The van der Waals surface area contributed by atoms with Gasteiger partial charge in [-0.2, -0.15) is 0 Å². The number of hydrogen-bond acceptors (Lipinski definition) is 3. The van der Waals surface area contributed by atoms with Crippen molar-refractivity contribution in [1.82, 2.24) is 4.98 Å². The maximum Gasteiger partial charge on any atom is 0.149 e. The Balaban J connectivity index is 0. The molecule has 14 heavy (non-hydrogen) atoms. The number of aliphatic hydroxyl groups excluding tert-OH is 1. The van der Waals surface area contributed by atoms with Gasteiger partial charge < -0.3 is 10.8 Å². The fraction of sp³-hybridized carbons (Fsp3) is 0.286. The maximum absolute atomic E-state index is 12.8. The van der Waals surface area contributed by atoms with Crippen molar-refractivity contribution in [2.45, 2.75) is 6.04 Å². The molecule has 0 saturated carbocycles. The normalized spacial score (nSPS) is 11.1. The van der Waals surface area contributed by atoms with E-state index in [-0.39, 0.29) is 30.5 Å². The van der Waals surface area contributed by atoms with E-state index in [1.807, 2.05) is 0 Å². The topological polar surface area (TPSA) is 59.1 Å². The second kappa shape index (κ2) is 6.89. The fourth-order valence-corrected chi connectivity index (χ4v) is 0.784. The van der Waals surface area contributed by atoms with Crippen molar-refractivity contribution in [3.8, 4) is 0 Å². The molecule has 3 N–H and O–H groups in total. The first-order chi connectivity index (χ1) is 5.65. The molecule has 0 fully saturated rings. The molecule has 0 amide bonds. The highest BCUT2D eigenvalue weighted by molar-refractivity contribution is 5.85. The molecule has 3 nitrogen and oxygen atoms in total. The summed E-state index contributed by atoms with van der Waals surface area (Å²) in [4.78, 5) is 3.41. The molecule has 1 atom stereocenters. The predicted molar refractivity (Wildman–Crippen MR) is 52.7 cm³/mol. The number of aromatic nitrogens is 1. The zero-order chi connectivity index (χ0) is 9.14. The summed E-state index contributed by atoms with van der Waals surface area (Å²) in [5, 5.41) is 8.56. The van der Waals surface area contributed by atoms with Crippen LogP contribution in [0.4, 0.5) is 8.78 Å². The van der Waals surface area contributed by atoms with Gasteiger partial charge in [-0.1, -0.05) is 0 Å². The van der Waals surface area contributed by atoms with Gasteiger partial charge >= 0.3 is 0 Å². The van der Waals surface area contributed by atoms with E-state index in [0.717, 1.165) is 6.20 Å². The molecule has 0 bridgehead atoms. The first-order valence-electron chi connectivity index (χ1n) is 3.32. The molecule has 0 aliphatic rings. The standard InChI is InChI=1S/C7H8F2N2O.2ClH/c8-4-1-5(9)7(11-2-4)6(10)3-12;;/h1-2,6,12H,3,10H2;2*1H/t6-;;/m1../s1. The molecule has 0 saturated heterocycles. The van der Waals surface area contributed by atoms with Crippen LogP contribution in [0.15, 0.2) is 12.3 Å². The number of aliphatic hydroxyl groups is 1. The second-order valence-electron chi connectivity index (χ2n) is 2.31. The first kappa shape index (κ1) is 16.0. The quantitative estimate of drug-likeness (QED) is 0.825. The van der Waals surface area contributed by atoms with Crippen molar-refractivity contribution in [3.05, 3.63) is 29.6 Å². The van der Waals surface area contributed by atoms with E-state index in [9.17, 15) is 8.78 Å². The van der Waals surface area contributed by atoms with Crippen LogP contribution in [0.3, 0.4) is 0 Å². The first-order valence-corrected chi connectivity index (χ1v) is 3.32. The number of hydrogen-bond donors (Lipinski definition) is 2. The van der Waals surface area contributed by atoms with E-state index in [4.69, 9.17) is 10.8 Å². The smallest absolute Gasteiger partial charge is 0.149 e. The highest BCUT2D eigenvalue weighted by Gasteiger charge is 2.12. The summed E-state index contributed by atoms with van der Waals surface area (Å²) in [5.41, 5.74) is 5.14. The van der Waals surface area contributed by atoms with Gasteiger partial charge in [0.15, 0.2) is 0 Å². The zero-order valence-electron chi connectivity index (χ0n) is 6.98. The summed E-state index contributed by atoms with van der Waals surface area (Å²) in [6.45, 7) is -0.421. The number of pyridine rings is 1. The molecule has 7 heteroatoms. The fourth-order valence-electron chi connectivity index (χ4n) is 0.784. The predicted octanol–water partition coefficient (Wildman–Crippen LogP) is 1.20. The third-order valence-corrected chi connectivity index (χ3v) is 1.38. The van der Waals surface area contributed by atoms with Gasteiger partial charge in [-0.25, -0.2) is 8.78 Å². The van der Waals surface area contributed by atoms with Gasteiger partial charge in [0, 0.05) is 6.07 Å². The molecule has 1 heterocycles. The van der Waals surface area contributed by atoms with Crippen LogP contribution in [-0.2, 0) is 0 Å². The third-order valence-electron chi connectivity index (χ3n) is 1.38. The van der Waals surface area contributed by atoms with Crippen molar-refractivity contribution >= 4 is 24.8 Å². The minimum absolute atomic E-state index is 0.